The molecule has 0 aliphatic heterocycles. The summed E-state index contributed by atoms with van der Waals surface area (Å²) in [6, 6.07) is 8.45. The molecule has 1 amide bonds. The van der Waals surface area contributed by atoms with E-state index in [1.54, 1.807) is 11.8 Å². The number of hydrogen-bond acceptors (Lipinski definition) is 5. The second kappa shape index (κ2) is 8.84. The van der Waals surface area contributed by atoms with E-state index in [0.717, 1.165) is 16.5 Å². The highest BCUT2D eigenvalue weighted by atomic mass is 32.2. The van der Waals surface area contributed by atoms with Crippen molar-refractivity contribution in [2.45, 2.75) is 36.9 Å². The minimum Gasteiger partial charge on any atom is -0.300 e. The number of nitrogens with one attached hydrogen (secondary N) is 1. The molecule has 1 heterocycles. The van der Waals surface area contributed by atoms with Gasteiger partial charge in [-0.05, 0) is 23.5 Å². The summed E-state index contributed by atoms with van der Waals surface area (Å²) in [6.45, 7) is 8.01. The lowest BCUT2D eigenvalue weighted by Gasteiger charge is -2.06. The fourth-order valence-corrected chi connectivity index (χ4v) is 3.49. The summed E-state index contributed by atoms with van der Waals surface area (Å²) in [5.74, 6) is 1.28. The predicted molar refractivity (Wildman–Crippen MR) is 98.3 cm³/mol. The number of thioether (sulfide) groups is 1. The van der Waals surface area contributed by atoms with Crippen LogP contribution in [0.2, 0.25) is 0 Å². The Balaban J connectivity index is 1.80. The lowest BCUT2D eigenvalue weighted by molar-refractivity contribution is -0.116. The van der Waals surface area contributed by atoms with Gasteiger partial charge in [-0.1, -0.05) is 67.3 Å². The third-order valence-corrected chi connectivity index (χ3v) is 5.23. The monoisotopic (exact) mass is 347 g/mol. The molecule has 0 saturated heterocycles. The van der Waals surface area contributed by atoms with Crippen molar-refractivity contribution in [2.75, 3.05) is 11.1 Å². The topological polar surface area (TPSA) is 54.9 Å². The van der Waals surface area contributed by atoms with E-state index in [9.17, 15) is 4.79 Å². The molecule has 4 nitrogen and oxygen atoms in total. The van der Waals surface area contributed by atoms with Gasteiger partial charge in [-0.15, -0.1) is 16.8 Å². The Kier molecular flexibility index (Phi) is 6.80. The van der Waals surface area contributed by atoms with Crippen LogP contribution in [0.15, 0.2) is 41.3 Å². The number of rotatable bonds is 8. The van der Waals surface area contributed by atoms with Crippen LogP contribution in [-0.4, -0.2) is 21.9 Å². The maximum absolute atomic E-state index is 12.0. The van der Waals surface area contributed by atoms with Gasteiger partial charge in [0.2, 0.25) is 11.0 Å². The zero-order valence-corrected chi connectivity index (χ0v) is 15.0. The molecule has 0 aliphatic carbocycles. The molecule has 1 N–H and O–H groups in total. The second-order valence-corrected chi connectivity index (χ2v) is 7.66. The van der Waals surface area contributed by atoms with Crippen LogP contribution in [0.4, 0.5) is 5.13 Å². The quantitative estimate of drug-likeness (QED) is 0.434. The standard InChI is InChI=1S/C17H21N3OS2/c1-4-11-22-17-20-19-16(23-17)18-15(21)10-7-13-5-8-14(9-6-13)12(2)3/h4-6,8-9,12H,1,7,10-11H2,2-3H3,(H,18,19,21). The number of nitrogens with zero attached hydrogens (tertiary/aromatic N) is 2. The van der Waals surface area contributed by atoms with E-state index in [-0.39, 0.29) is 5.91 Å². The smallest absolute Gasteiger partial charge is 0.226 e. The molecule has 2 aromatic rings. The van der Waals surface area contributed by atoms with E-state index < -0.39 is 0 Å². The molecular formula is C17H21N3OS2. The number of benzene rings is 1. The Morgan fingerprint density at radius 1 is 1.35 bits per heavy atom. The number of anilines is 1. The van der Waals surface area contributed by atoms with E-state index in [1.807, 2.05) is 6.08 Å². The van der Waals surface area contributed by atoms with Gasteiger partial charge in [0.05, 0.1) is 0 Å². The number of carbonyl (C=O) groups is 1. The summed E-state index contributed by atoms with van der Waals surface area (Å²) in [4.78, 5) is 12.0. The SMILES string of the molecule is C=CCSc1nnc(NC(=O)CCc2ccc(C(C)C)cc2)s1. The van der Waals surface area contributed by atoms with E-state index in [4.69, 9.17) is 0 Å². The van der Waals surface area contributed by atoms with Crippen molar-refractivity contribution >= 4 is 34.1 Å². The Morgan fingerprint density at radius 2 is 2.09 bits per heavy atom. The van der Waals surface area contributed by atoms with Gasteiger partial charge in [-0.3, -0.25) is 4.79 Å². The van der Waals surface area contributed by atoms with Gasteiger partial charge in [-0.2, -0.15) is 0 Å². The highest BCUT2D eigenvalue weighted by Crippen LogP contribution is 2.25. The Bertz CT molecular complexity index is 650. The molecule has 0 saturated carbocycles. The summed E-state index contributed by atoms with van der Waals surface area (Å²) in [7, 11) is 0. The average molecular weight is 348 g/mol. The van der Waals surface area contributed by atoms with Crippen LogP contribution in [0.5, 0.6) is 0 Å². The number of aromatic nitrogens is 2. The molecule has 0 bridgehead atoms. The van der Waals surface area contributed by atoms with Crippen LogP contribution >= 0.6 is 23.1 Å². The average Bonchev–Trinajstić information content (AvgIpc) is 2.98. The van der Waals surface area contributed by atoms with E-state index >= 15 is 0 Å². The van der Waals surface area contributed by atoms with E-state index in [2.05, 4.69) is 60.2 Å². The van der Waals surface area contributed by atoms with Crippen molar-refractivity contribution in [2.24, 2.45) is 0 Å². The Morgan fingerprint density at radius 3 is 2.74 bits per heavy atom. The number of aryl methyl sites for hydroxylation is 1. The summed E-state index contributed by atoms with van der Waals surface area (Å²) in [6.07, 6.45) is 2.98. The van der Waals surface area contributed by atoms with Crippen LogP contribution in [-0.2, 0) is 11.2 Å². The highest BCUT2D eigenvalue weighted by Gasteiger charge is 2.08. The van der Waals surface area contributed by atoms with Gasteiger partial charge in [0.25, 0.3) is 0 Å². The van der Waals surface area contributed by atoms with Crippen LogP contribution < -0.4 is 5.32 Å². The Labute approximate surface area is 145 Å². The molecule has 0 radical (unpaired) electrons. The number of hydrogen-bond donors (Lipinski definition) is 1. The summed E-state index contributed by atoms with van der Waals surface area (Å²) < 4.78 is 0.837. The maximum atomic E-state index is 12.0. The minimum absolute atomic E-state index is 0.0330. The van der Waals surface area contributed by atoms with Crippen molar-refractivity contribution in [1.29, 1.82) is 0 Å². The fraction of sp³-hybridized carbons (Fsp3) is 0.353. The van der Waals surface area contributed by atoms with Crippen LogP contribution in [0.25, 0.3) is 0 Å². The van der Waals surface area contributed by atoms with Crippen molar-refractivity contribution in [3.05, 3.63) is 48.0 Å². The van der Waals surface area contributed by atoms with Crippen molar-refractivity contribution in [3.63, 3.8) is 0 Å². The van der Waals surface area contributed by atoms with Gasteiger partial charge >= 0.3 is 0 Å². The van der Waals surface area contributed by atoms with Crippen molar-refractivity contribution in [3.8, 4) is 0 Å². The van der Waals surface area contributed by atoms with Gasteiger partial charge in [0.1, 0.15) is 0 Å². The van der Waals surface area contributed by atoms with Crippen molar-refractivity contribution in [1.82, 2.24) is 10.2 Å². The summed E-state index contributed by atoms with van der Waals surface area (Å²) in [5, 5.41) is 11.4. The van der Waals surface area contributed by atoms with Crippen LogP contribution in [0.3, 0.4) is 0 Å². The highest BCUT2D eigenvalue weighted by molar-refractivity contribution is 8.01. The first-order valence-electron chi connectivity index (χ1n) is 7.54. The van der Waals surface area contributed by atoms with Gasteiger partial charge in [-0.25, -0.2) is 0 Å². The lowest BCUT2D eigenvalue weighted by atomic mass is 10.0. The predicted octanol–water partition coefficient (Wildman–Crippen LogP) is 4.51. The second-order valence-electron chi connectivity index (χ2n) is 5.42. The molecule has 1 aromatic heterocycles. The zero-order valence-electron chi connectivity index (χ0n) is 13.4. The van der Waals surface area contributed by atoms with Gasteiger partial charge in [0.15, 0.2) is 4.34 Å². The molecule has 2 rings (SSSR count). The van der Waals surface area contributed by atoms with Crippen molar-refractivity contribution < 1.29 is 4.79 Å². The van der Waals surface area contributed by atoms with Crippen LogP contribution in [0.1, 0.15) is 37.3 Å². The molecule has 0 spiro atoms. The first kappa shape index (κ1) is 17.7. The lowest BCUT2D eigenvalue weighted by Crippen LogP contribution is -2.12. The van der Waals surface area contributed by atoms with Gasteiger partial charge < -0.3 is 5.32 Å². The third kappa shape index (κ3) is 5.80. The van der Waals surface area contributed by atoms with E-state index in [0.29, 0.717) is 17.5 Å². The first-order valence-corrected chi connectivity index (χ1v) is 9.34. The largest absolute Gasteiger partial charge is 0.300 e. The normalized spacial score (nSPS) is 10.7. The van der Waals surface area contributed by atoms with Gasteiger partial charge in [0, 0.05) is 12.2 Å². The molecule has 122 valence electrons. The molecule has 0 unspecified atom stereocenters. The molecule has 6 heteroatoms. The number of amides is 1. The molecule has 0 atom stereocenters. The van der Waals surface area contributed by atoms with E-state index in [1.165, 1.54) is 22.5 Å². The molecule has 0 aliphatic rings. The third-order valence-electron chi connectivity index (χ3n) is 3.26. The number of carbonyl (C=O) groups excluding carboxylic acids is 1. The first-order chi connectivity index (χ1) is 11.1. The molecular weight excluding hydrogens is 326 g/mol. The summed E-state index contributed by atoms with van der Waals surface area (Å²) in [5.41, 5.74) is 2.49. The molecule has 1 aromatic carbocycles. The minimum atomic E-state index is -0.0330. The zero-order chi connectivity index (χ0) is 16.7. The summed E-state index contributed by atoms with van der Waals surface area (Å²) >= 11 is 2.95. The fourth-order valence-electron chi connectivity index (χ4n) is 1.96. The molecule has 0 fully saturated rings. The molecule has 23 heavy (non-hydrogen) atoms. The van der Waals surface area contributed by atoms with Crippen LogP contribution in [0, 0.1) is 0 Å². The Hall–Kier alpha value is -1.66. The maximum Gasteiger partial charge on any atom is 0.226 e.